The van der Waals surface area contributed by atoms with E-state index in [1.54, 1.807) is 23.9 Å². The van der Waals surface area contributed by atoms with Gasteiger partial charge in [0.25, 0.3) is 0 Å². The average Bonchev–Trinajstić information content (AvgIpc) is 3.20. The van der Waals surface area contributed by atoms with Crippen LogP contribution in [0.1, 0.15) is 50.9 Å². The maximum Gasteiger partial charge on any atom is 0.243 e. The molecule has 1 heterocycles. The maximum atomic E-state index is 11.6. The van der Waals surface area contributed by atoms with Crippen LogP contribution in [0.25, 0.3) is 0 Å². The summed E-state index contributed by atoms with van der Waals surface area (Å²) in [5.74, 6) is 1.00. The lowest BCUT2D eigenvalue weighted by atomic mass is 10.2. The van der Waals surface area contributed by atoms with E-state index in [4.69, 9.17) is 0 Å². The summed E-state index contributed by atoms with van der Waals surface area (Å²) >= 11 is 1.66. The number of aromatic nitrogens is 3. The molecule has 5 nitrogen and oxygen atoms in total. The minimum absolute atomic E-state index is 0.0508. The monoisotopic (exact) mass is 334 g/mol. The molecule has 1 aliphatic carbocycles. The zero-order valence-corrected chi connectivity index (χ0v) is 14.8. The van der Waals surface area contributed by atoms with Gasteiger partial charge in [-0.3, -0.25) is 4.79 Å². The molecular weight excluding hydrogens is 308 g/mol. The molecule has 0 atom stereocenters. The predicted molar refractivity (Wildman–Crippen MR) is 94.6 cm³/mol. The highest BCUT2D eigenvalue weighted by Gasteiger charge is 2.23. The van der Waals surface area contributed by atoms with Crippen molar-refractivity contribution in [2.24, 2.45) is 0 Å². The lowest BCUT2D eigenvalue weighted by molar-refractivity contribution is -0.116. The normalized spacial score (nSPS) is 15.9. The Kier molecular flexibility index (Phi) is 7.39. The largest absolute Gasteiger partial charge is 0.353 e. The van der Waals surface area contributed by atoms with Gasteiger partial charge in [-0.2, -0.15) is 0 Å². The minimum atomic E-state index is -0.0508. The summed E-state index contributed by atoms with van der Waals surface area (Å²) in [7, 11) is 0. The number of amides is 1. The number of carbonyl (C=O) groups is 1. The first kappa shape index (κ1) is 17.8. The molecule has 126 valence electrons. The Morgan fingerprint density at radius 1 is 1.35 bits per heavy atom. The molecule has 0 bridgehead atoms. The second-order valence-electron chi connectivity index (χ2n) is 5.69. The van der Waals surface area contributed by atoms with Gasteiger partial charge in [-0.25, -0.2) is 0 Å². The van der Waals surface area contributed by atoms with Crippen molar-refractivity contribution in [3.05, 3.63) is 30.1 Å². The number of thioether (sulfide) groups is 1. The predicted octanol–water partition coefficient (Wildman–Crippen LogP) is 3.30. The van der Waals surface area contributed by atoms with Gasteiger partial charge < -0.3 is 9.88 Å². The molecule has 6 heteroatoms. The third kappa shape index (κ3) is 5.23. The molecule has 0 spiro atoms. The van der Waals surface area contributed by atoms with Gasteiger partial charge in [-0.15, -0.1) is 10.2 Å². The van der Waals surface area contributed by atoms with E-state index in [-0.39, 0.29) is 5.91 Å². The fraction of sp³-hybridized carbons (Fsp3) is 0.588. The highest BCUT2D eigenvalue weighted by Crippen LogP contribution is 2.33. The molecule has 1 N–H and O–H groups in total. The number of allylic oxidation sites excluding steroid dienone is 3. The smallest absolute Gasteiger partial charge is 0.243 e. The Bertz CT molecular complexity index is 559. The SMILES string of the molecule is C/C=C/C=C/C(=O)NCCCc1nnc(SC)n1C1CCCC1. The van der Waals surface area contributed by atoms with E-state index in [2.05, 4.69) is 26.3 Å². The Morgan fingerprint density at radius 3 is 2.83 bits per heavy atom. The van der Waals surface area contributed by atoms with E-state index in [0.29, 0.717) is 12.6 Å². The summed E-state index contributed by atoms with van der Waals surface area (Å²) in [5.41, 5.74) is 0. The van der Waals surface area contributed by atoms with Crippen molar-refractivity contribution in [3.63, 3.8) is 0 Å². The number of nitrogens with one attached hydrogen (secondary N) is 1. The molecule has 1 aliphatic rings. The quantitative estimate of drug-likeness (QED) is 0.343. The number of carbonyl (C=O) groups excluding carboxylic acids is 1. The standard InChI is InChI=1S/C17H26N4OS/c1-3-4-5-12-16(22)18-13-8-11-15-19-20-17(23-2)21(15)14-9-6-7-10-14/h3-5,12,14H,6-11,13H2,1-2H3,(H,18,22)/b4-3+,12-5+. The summed E-state index contributed by atoms with van der Waals surface area (Å²) in [4.78, 5) is 11.6. The molecule has 1 aromatic rings. The topological polar surface area (TPSA) is 59.8 Å². The molecule has 0 aliphatic heterocycles. The molecular formula is C17H26N4OS. The average molecular weight is 334 g/mol. The summed E-state index contributed by atoms with van der Waals surface area (Å²) in [6, 6.07) is 0.556. The molecule has 2 rings (SSSR count). The Hall–Kier alpha value is -1.56. The molecule has 0 radical (unpaired) electrons. The molecule has 0 unspecified atom stereocenters. The molecule has 1 fully saturated rings. The zero-order chi connectivity index (χ0) is 16.5. The number of rotatable bonds is 8. The van der Waals surface area contributed by atoms with Crippen molar-refractivity contribution in [2.45, 2.75) is 56.6 Å². The van der Waals surface area contributed by atoms with Crippen LogP contribution in [0.2, 0.25) is 0 Å². The first-order chi connectivity index (χ1) is 11.3. The maximum absolute atomic E-state index is 11.6. The van der Waals surface area contributed by atoms with Gasteiger partial charge in [0.1, 0.15) is 5.82 Å². The summed E-state index contributed by atoms with van der Waals surface area (Å²) in [6.07, 6.45) is 15.9. The molecule has 23 heavy (non-hydrogen) atoms. The molecule has 0 saturated heterocycles. The van der Waals surface area contributed by atoms with Crippen LogP contribution in [0.5, 0.6) is 0 Å². The van der Waals surface area contributed by atoms with Gasteiger partial charge in [0.05, 0.1) is 0 Å². The Labute approximate surface area is 142 Å². The van der Waals surface area contributed by atoms with Crippen LogP contribution in [0.15, 0.2) is 29.5 Å². The fourth-order valence-corrected chi connectivity index (χ4v) is 3.49. The lowest BCUT2D eigenvalue weighted by Gasteiger charge is -2.16. The van der Waals surface area contributed by atoms with E-state index in [1.807, 2.05) is 19.1 Å². The number of nitrogens with zero attached hydrogens (tertiary/aromatic N) is 3. The number of hydrogen-bond donors (Lipinski definition) is 1. The zero-order valence-electron chi connectivity index (χ0n) is 14.0. The highest BCUT2D eigenvalue weighted by atomic mass is 32.2. The van der Waals surface area contributed by atoms with Crippen LogP contribution in [-0.2, 0) is 11.2 Å². The fourth-order valence-electron chi connectivity index (χ4n) is 2.92. The van der Waals surface area contributed by atoms with Crippen LogP contribution in [0.4, 0.5) is 0 Å². The second kappa shape index (κ2) is 9.55. The van der Waals surface area contributed by atoms with Gasteiger partial charge in [-0.1, -0.05) is 42.8 Å². The van der Waals surface area contributed by atoms with Gasteiger partial charge in [0.15, 0.2) is 5.16 Å². The van der Waals surface area contributed by atoms with Crippen molar-refractivity contribution in [2.75, 3.05) is 12.8 Å². The lowest BCUT2D eigenvalue weighted by Crippen LogP contribution is -2.23. The third-order valence-corrected chi connectivity index (χ3v) is 4.68. The van der Waals surface area contributed by atoms with Crippen LogP contribution < -0.4 is 5.32 Å². The minimum Gasteiger partial charge on any atom is -0.353 e. The van der Waals surface area contributed by atoms with Crippen molar-refractivity contribution < 1.29 is 4.79 Å². The van der Waals surface area contributed by atoms with Crippen molar-refractivity contribution in [1.29, 1.82) is 0 Å². The summed E-state index contributed by atoms with van der Waals surface area (Å²) in [6.45, 7) is 2.58. The van der Waals surface area contributed by atoms with E-state index in [0.717, 1.165) is 23.8 Å². The van der Waals surface area contributed by atoms with Crippen molar-refractivity contribution >= 4 is 17.7 Å². The van der Waals surface area contributed by atoms with E-state index in [1.165, 1.54) is 25.7 Å². The van der Waals surface area contributed by atoms with Crippen LogP contribution in [0, 0.1) is 0 Å². The molecule has 0 aromatic carbocycles. The molecule has 1 aromatic heterocycles. The summed E-state index contributed by atoms with van der Waals surface area (Å²) < 4.78 is 2.32. The third-order valence-electron chi connectivity index (χ3n) is 4.04. The van der Waals surface area contributed by atoms with E-state index in [9.17, 15) is 4.79 Å². The van der Waals surface area contributed by atoms with Crippen molar-refractivity contribution in [3.8, 4) is 0 Å². The Morgan fingerprint density at radius 2 is 2.13 bits per heavy atom. The number of aryl methyl sites for hydroxylation is 1. The van der Waals surface area contributed by atoms with Crippen LogP contribution in [-0.4, -0.2) is 33.5 Å². The molecule has 1 saturated carbocycles. The first-order valence-corrected chi connectivity index (χ1v) is 9.53. The summed E-state index contributed by atoms with van der Waals surface area (Å²) in [5, 5.41) is 12.6. The molecule has 1 amide bonds. The van der Waals surface area contributed by atoms with Gasteiger partial charge in [-0.05, 0) is 32.4 Å². The first-order valence-electron chi connectivity index (χ1n) is 8.31. The number of hydrogen-bond acceptors (Lipinski definition) is 4. The van der Waals surface area contributed by atoms with E-state index >= 15 is 0 Å². The highest BCUT2D eigenvalue weighted by molar-refractivity contribution is 7.98. The van der Waals surface area contributed by atoms with Gasteiger partial charge in [0.2, 0.25) is 5.91 Å². The van der Waals surface area contributed by atoms with Crippen LogP contribution >= 0.6 is 11.8 Å². The van der Waals surface area contributed by atoms with Crippen LogP contribution in [0.3, 0.4) is 0 Å². The van der Waals surface area contributed by atoms with Gasteiger partial charge in [0, 0.05) is 25.1 Å². The van der Waals surface area contributed by atoms with Gasteiger partial charge >= 0.3 is 0 Å². The Balaban J connectivity index is 1.84. The van der Waals surface area contributed by atoms with E-state index < -0.39 is 0 Å². The second-order valence-corrected chi connectivity index (χ2v) is 6.46. The van der Waals surface area contributed by atoms with Crippen molar-refractivity contribution in [1.82, 2.24) is 20.1 Å².